The number of benzene rings is 2. The fraction of sp³-hybridized carbons (Fsp3) is 0.409. The van der Waals surface area contributed by atoms with Gasteiger partial charge in [0.1, 0.15) is 17.6 Å². The van der Waals surface area contributed by atoms with Crippen LogP contribution < -0.4 is 9.47 Å². The standard InChI is InChI=1S/C22H26N2O3S/c1-26-20-9-5-3-7-18(20)21-15-23(14-17-6-2-4-8-19(17)27-21)16-22(25)24-10-12-28-13-11-24/h2-9,21H,10-16H2,1H3. The maximum atomic E-state index is 12.9. The van der Waals surface area contributed by atoms with Gasteiger partial charge in [0.2, 0.25) is 5.91 Å². The third kappa shape index (κ3) is 4.28. The highest BCUT2D eigenvalue weighted by Gasteiger charge is 2.28. The summed E-state index contributed by atoms with van der Waals surface area (Å²) < 4.78 is 12.0. The molecule has 0 spiro atoms. The number of ether oxygens (including phenoxy) is 2. The molecule has 0 aliphatic carbocycles. The molecule has 2 heterocycles. The van der Waals surface area contributed by atoms with Gasteiger partial charge in [0.15, 0.2) is 0 Å². The summed E-state index contributed by atoms with van der Waals surface area (Å²) in [7, 11) is 1.68. The third-order valence-electron chi connectivity index (χ3n) is 5.27. The van der Waals surface area contributed by atoms with Gasteiger partial charge in [0.25, 0.3) is 0 Å². The average Bonchev–Trinajstić information content (AvgIpc) is 2.93. The minimum absolute atomic E-state index is 0.190. The SMILES string of the molecule is COc1ccccc1C1CN(CC(=O)N2CCSCC2)Cc2ccccc2O1. The first-order valence-electron chi connectivity index (χ1n) is 9.70. The Balaban J connectivity index is 1.59. The molecule has 1 fully saturated rings. The number of thioether (sulfide) groups is 1. The van der Waals surface area contributed by atoms with Gasteiger partial charge in [0.05, 0.1) is 13.7 Å². The zero-order chi connectivity index (χ0) is 19.3. The Kier molecular flexibility index (Phi) is 6.07. The number of hydrogen-bond donors (Lipinski definition) is 0. The van der Waals surface area contributed by atoms with E-state index in [0.29, 0.717) is 19.6 Å². The lowest BCUT2D eigenvalue weighted by Crippen LogP contribution is -2.44. The molecule has 0 N–H and O–H groups in total. The van der Waals surface area contributed by atoms with E-state index >= 15 is 0 Å². The van der Waals surface area contributed by atoms with Crippen LogP contribution in [0.25, 0.3) is 0 Å². The van der Waals surface area contributed by atoms with Crippen LogP contribution in [0.2, 0.25) is 0 Å². The molecule has 2 aromatic carbocycles. The Labute approximate surface area is 170 Å². The second kappa shape index (κ2) is 8.88. The highest BCUT2D eigenvalue weighted by molar-refractivity contribution is 7.99. The molecular weight excluding hydrogens is 372 g/mol. The normalized spacial score (nSPS) is 20.0. The number of amides is 1. The lowest BCUT2D eigenvalue weighted by Gasteiger charge is -2.30. The predicted molar refractivity (Wildman–Crippen MR) is 112 cm³/mol. The van der Waals surface area contributed by atoms with Crippen molar-refractivity contribution < 1.29 is 14.3 Å². The summed E-state index contributed by atoms with van der Waals surface area (Å²) in [5.74, 6) is 3.95. The topological polar surface area (TPSA) is 42.0 Å². The summed E-state index contributed by atoms with van der Waals surface area (Å²) in [5.41, 5.74) is 2.12. The Hall–Kier alpha value is -2.18. The highest BCUT2D eigenvalue weighted by atomic mass is 32.2. The molecule has 2 aromatic rings. The molecule has 0 radical (unpaired) electrons. The molecule has 2 aliphatic heterocycles. The largest absolute Gasteiger partial charge is 0.496 e. The number of carbonyl (C=O) groups is 1. The first-order chi connectivity index (χ1) is 13.7. The number of rotatable bonds is 4. The van der Waals surface area contributed by atoms with Crippen molar-refractivity contribution in [2.45, 2.75) is 12.6 Å². The van der Waals surface area contributed by atoms with Crippen molar-refractivity contribution in [3.05, 3.63) is 59.7 Å². The van der Waals surface area contributed by atoms with E-state index in [4.69, 9.17) is 9.47 Å². The summed E-state index contributed by atoms with van der Waals surface area (Å²) in [5, 5.41) is 0. The fourth-order valence-corrected chi connectivity index (χ4v) is 4.70. The van der Waals surface area contributed by atoms with Crippen LogP contribution in [0.5, 0.6) is 11.5 Å². The first kappa shape index (κ1) is 19.2. The van der Waals surface area contributed by atoms with E-state index in [-0.39, 0.29) is 12.0 Å². The Morgan fingerprint density at radius 2 is 1.89 bits per heavy atom. The molecule has 0 aromatic heterocycles. The van der Waals surface area contributed by atoms with Crippen LogP contribution in [0.4, 0.5) is 0 Å². The quantitative estimate of drug-likeness (QED) is 0.791. The number of hydrogen-bond acceptors (Lipinski definition) is 5. The van der Waals surface area contributed by atoms with Gasteiger partial charge < -0.3 is 14.4 Å². The van der Waals surface area contributed by atoms with Crippen LogP contribution in [0.15, 0.2) is 48.5 Å². The third-order valence-corrected chi connectivity index (χ3v) is 6.21. The second-order valence-corrected chi connectivity index (χ2v) is 8.34. The molecule has 1 atom stereocenters. The Bertz CT molecular complexity index is 823. The van der Waals surface area contributed by atoms with Crippen molar-refractivity contribution in [3.63, 3.8) is 0 Å². The van der Waals surface area contributed by atoms with Crippen LogP contribution in [0.3, 0.4) is 0 Å². The minimum atomic E-state index is -0.190. The molecule has 2 aliphatic rings. The molecule has 148 valence electrons. The zero-order valence-electron chi connectivity index (χ0n) is 16.2. The summed E-state index contributed by atoms with van der Waals surface area (Å²) >= 11 is 1.92. The second-order valence-electron chi connectivity index (χ2n) is 7.12. The zero-order valence-corrected chi connectivity index (χ0v) is 17.0. The number of para-hydroxylation sites is 2. The molecular formula is C22H26N2O3S. The number of nitrogens with zero attached hydrogens (tertiary/aromatic N) is 2. The summed E-state index contributed by atoms with van der Waals surface area (Å²) in [6.45, 7) is 3.45. The lowest BCUT2D eigenvalue weighted by molar-refractivity contribution is -0.132. The van der Waals surface area contributed by atoms with Gasteiger partial charge in [-0.15, -0.1) is 0 Å². The molecule has 4 rings (SSSR count). The maximum absolute atomic E-state index is 12.9. The van der Waals surface area contributed by atoms with Gasteiger partial charge in [-0.25, -0.2) is 0 Å². The molecule has 1 saturated heterocycles. The van der Waals surface area contributed by atoms with Gasteiger partial charge in [0, 0.05) is 48.8 Å². The lowest BCUT2D eigenvalue weighted by atomic mass is 10.1. The van der Waals surface area contributed by atoms with E-state index in [1.807, 2.05) is 59.1 Å². The van der Waals surface area contributed by atoms with Gasteiger partial charge in [-0.05, 0) is 12.1 Å². The molecule has 5 nitrogen and oxygen atoms in total. The van der Waals surface area contributed by atoms with Crippen molar-refractivity contribution in [1.82, 2.24) is 9.80 Å². The average molecular weight is 399 g/mol. The minimum Gasteiger partial charge on any atom is -0.496 e. The van der Waals surface area contributed by atoms with E-state index in [9.17, 15) is 4.79 Å². The summed E-state index contributed by atoms with van der Waals surface area (Å²) in [6.07, 6.45) is -0.190. The number of fused-ring (bicyclic) bond motifs is 1. The van der Waals surface area contributed by atoms with Gasteiger partial charge in [-0.3, -0.25) is 9.69 Å². The number of methoxy groups -OCH3 is 1. The van der Waals surface area contributed by atoms with E-state index in [2.05, 4.69) is 11.0 Å². The van der Waals surface area contributed by atoms with Crippen LogP contribution >= 0.6 is 11.8 Å². The van der Waals surface area contributed by atoms with Crippen LogP contribution in [0.1, 0.15) is 17.2 Å². The molecule has 0 bridgehead atoms. The smallest absolute Gasteiger partial charge is 0.236 e. The van der Waals surface area contributed by atoms with Gasteiger partial charge in [-0.2, -0.15) is 11.8 Å². The summed E-state index contributed by atoms with van der Waals surface area (Å²) in [4.78, 5) is 17.1. The van der Waals surface area contributed by atoms with Crippen LogP contribution in [0, 0.1) is 0 Å². The van der Waals surface area contributed by atoms with Crippen molar-refractivity contribution in [3.8, 4) is 11.5 Å². The maximum Gasteiger partial charge on any atom is 0.236 e. The molecule has 6 heteroatoms. The van der Waals surface area contributed by atoms with E-state index < -0.39 is 0 Å². The van der Waals surface area contributed by atoms with Gasteiger partial charge >= 0.3 is 0 Å². The fourth-order valence-electron chi connectivity index (χ4n) is 3.80. The van der Waals surface area contributed by atoms with E-state index in [1.165, 1.54) is 0 Å². The van der Waals surface area contributed by atoms with Crippen LogP contribution in [-0.2, 0) is 11.3 Å². The van der Waals surface area contributed by atoms with Crippen LogP contribution in [-0.4, -0.2) is 60.5 Å². The van der Waals surface area contributed by atoms with E-state index in [0.717, 1.165) is 47.2 Å². The van der Waals surface area contributed by atoms with Crippen molar-refractivity contribution in [1.29, 1.82) is 0 Å². The molecule has 1 unspecified atom stereocenters. The molecule has 0 saturated carbocycles. The van der Waals surface area contributed by atoms with Crippen molar-refractivity contribution in [2.24, 2.45) is 0 Å². The van der Waals surface area contributed by atoms with Crippen molar-refractivity contribution >= 4 is 17.7 Å². The van der Waals surface area contributed by atoms with E-state index in [1.54, 1.807) is 7.11 Å². The van der Waals surface area contributed by atoms with Crippen molar-refractivity contribution in [2.75, 3.05) is 44.8 Å². The monoisotopic (exact) mass is 398 g/mol. The predicted octanol–water partition coefficient (Wildman–Crippen LogP) is 3.21. The molecule has 28 heavy (non-hydrogen) atoms. The molecule has 1 amide bonds. The van der Waals surface area contributed by atoms with Gasteiger partial charge in [-0.1, -0.05) is 36.4 Å². The Morgan fingerprint density at radius 3 is 2.71 bits per heavy atom. The highest BCUT2D eigenvalue weighted by Crippen LogP contribution is 2.34. The first-order valence-corrected chi connectivity index (χ1v) is 10.9. The number of carbonyl (C=O) groups excluding carboxylic acids is 1. The summed E-state index contributed by atoms with van der Waals surface area (Å²) in [6, 6.07) is 16.1. The Morgan fingerprint density at radius 1 is 1.14 bits per heavy atom.